The van der Waals surface area contributed by atoms with E-state index in [2.05, 4.69) is 10.4 Å². The van der Waals surface area contributed by atoms with Gasteiger partial charge in [0.2, 0.25) is 0 Å². The number of amides is 1. The molecular formula is C19H19N3O3S2. The summed E-state index contributed by atoms with van der Waals surface area (Å²) in [6.07, 6.45) is 0.515. The van der Waals surface area contributed by atoms with Crippen LogP contribution in [-0.4, -0.2) is 35.6 Å². The Morgan fingerprint density at radius 2 is 2.11 bits per heavy atom. The van der Waals surface area contributed by atoms with E-state index in [1.54, 1.807) is 10.7 Å². The van der Waals surface area contributed by atoms with E-state index in [0.29, 0.717) is 12.1 Å². The zero-order valence-electron chi connectivity index (χ0n) is 14.8. The number of aryl methyl sites for hydroxylation is 1. The van der Waals surface area contributed by atoms with Gasteiger partial charge in [-0.3, -0.25) is 9.48 Å². The molecule has 1 aromatic carbocycles. The number of carbonyl (C=O) groups excluding carboxylic acids is 1. The summed E-state index contributed by atoms with van der Waals surface area (Å²) in [7, 11) is -3.05. The summed E-state index contributed by atoms with van der Waals surface area (Å²) < 4.78 is 25.5. The van der Waals surface area contributed by atoms with Crippen LogP contribution in [0.2, 0.25) is 0 Å². The molecule has 8 heteroatoms. The summed E-state index contributed by atoms with van der Waals surface area (Å²) >= 11 is 1.54. The number of rotatable bonds is 4. The molecule has 1 atom stereocenters. The minimum atomic E-state index is -3.05. The summed E-state index contributed by atoms with van der Waals surface area (Å²) in [6, 6.07) is 12.9. The van der Waals surface area contributed by atoms with Crippen LogP contribution < -0.4 is 5.32 Å². The standard InChI is InChI=1S/C19H19N3O3S2/c1-13-4-2-5-14(10-13)20-19(23)16-11-17(18-6-3-8-26-18)22(21-16)15-7-9-27(24,25)12-15/h2-6,8,10-11,15H,7,9,12H2,1H3,(H,20,23)/t15-/m1/s1. The van der Waals surface area contributed by atoms with Crippen molar-refractivity contribution < 1.29 is 13.2 Å². The molecule has 1 saturated heterocycles. The number of nitrogens with zero attached hydrogens (tertiary/aromatic N) is 2. The minimum Gasteiger partial charge on any atom is -0.321 e. The molecule has 3 aromatic rings. The number of anilines is 1. The molecule has 1 fully saturated rings. The van der Waals surface area contributed by atoms with Gasteiger partial charge in [0.15, 0.2) is 15.5 Å². The average molecular weight is 402 g/mol. The van der Waals surface area contributed by atoms with Gasteiger partial charge in [-0.15, -0.1) is 11.3 Å². The smallest absolute Gasteiger partial charge is 0.276 e. The summed E-state index contributed by atoms with van der Waals surface area (Å²) in [5.74, 6) is -0.0869. The normalized spacial score (nSPS) is 18.5. The molecule has 6 nitrogen and oxygen atoms in total. The molecule has 27 heavy (non-hydrogen) atoms. The molecule has 2 aromatic heterocycles. The van der Waals surface area contributed by atoms with E-state index in [4.69, 9.17) is 0 Å². The Morgan fingerprint density at radius 1 is 1.26 bits per heavy atom. The third-order valence-corrected chi connectivity index (χ3v) is 7.21. The highest BCUT2D eigenvalue weighted by molar-refractivity contribution is 7.91. The Hall–Kier alpha value is -2.45. The Labute approximate surface area is 161 Å². The van der Waals surface area contributed by atoms with E-state index in [9.17, 15) is 13.2 Å². The number of aromatic nitrogens is 2. The van der Waals surface area contributed by atoms with Gasteiger partial charge in [-0.2, -0.15) is 5.10 Å². The van der Waals surface area contributed by atoms with Gasteiger partial charge in [0, 0.05) is 5.69 Å². The van der Waals surface area contributed by atoms with Gasteiger partial charge >= 0.3 is 0 Å². The Balaban J connectivity index is 1.68. The number of carbonyl (C=O) groups is 1. The van der Waals surface area contributed by atoms with Gasteiger partial charge in [-0.05, 0) is 48.6 Å². The zero-order chi connectivity index (χ0) is 19.0. The van der Waals surface area contributed by atoms with Crippen LogP contribution in [0.3, 0.4) is 0 Å². The van der Waals surface area contributed by atoms with Crippen molar-refractivity contribution in [2.75, 3.05) is 16.8 Å². The first-order chi connectivity index (χ1) is 12.9. The average Bonchev–Trinajstić information content (AvgIpc) is 3.32. The maximum absolute atomic E-state index is 12.7. The SMILES string of the molecule is Cc1cccc(NC(=O)c2cc(-c3cccs3)n([C@@H]3CCS(=O)(=O)C3)n2)c1. The van der Waals surface area contributed by atoms with Gasteiger partial charge in [0.1, 0.15) is 0 Å². The van der Waals surface area contributed by atoms with E-state index < -0.39 is 9.84 Å². The molecule has 1 aliphatic heterocycles. The van der Waals surface area contributed by atoms with Crippen molar-refractivity contribution in [1.29, 1.82) is 0 Å². The molecule has 0 bridgehead atoms. The second kappa shape index (κ2) is 6.94. The molecule has 0 radical (unpaired) electrons. The number of thiophene rings is 1. The number of hydrogen-bond donors (Lipinski definition) is 1. The molecule has 4 rings (SSSR count). The largest absolute Gasteiger partial charge is 0.321 e. The maximum atomic E-state index is 12.7. The van der Waals surface area contributed by atoms with Gasteiger partial charge in [-0.1, -0.05) is 18.2 Å². The first kappa shape index (κ1) is 17.9. The van der Waals surface area contributed by atoms with Crippen LogP contribution in [0.5, 0.6) is 0 Å². The lowest BCUT2D eigenvalue weighted by molar-refractivity contribution is 0.102. The Kier molecular flexibility index (Phi) is 4.61. The van der Waals surface area contributed by atoms with E-state index in [0.717, 1.165) is 16.1 Å². The highest BCUT2D eigenvalue weighted by atomic mass is 32.2. The van der Waals surface area contributed by atoms with Gasteiger partial charge in [0.25, 0.3) is 5.91 Å². The van der Waals surface area contributed by atoms with E-state index in [1.807, 2.05) is 48.7 Å². The fourth-order valence-corrected chi connectivity index (χ4v) is 5.70. The lowest BCUT2D eigenvalue weighted by atomic mass is 10.2. The first-order valence-corrected chi connectivity index (χ1v) is 11.3. The summed E-state index contributed by atoms with van der Waals surface area (Å²) in [4.78, 5) is 13.7. The van der Waals surface area contributed by atoms with Gasteiger partial charge in [0.05, 0.1) is 28.1 Å². The number of benzene rings is 1. The monoisotopic (exact) mass is 401 g/mol. The van der Waals surface area contributed by atoms with Crippen LogP contribution in [0, 0.1) is 6.92 Å². The fourth-order valence-electron chi connectivity index (χ4n) is 3.28. The predicted molar refractivity (Wildman–Crippen MR) is 107 cm³/mol. The number of sulfone groups is 1. The minimum absolute atomic E-state index is 0.0615. The second-order valence-corrected chi connectivity index (χ2v) is 9.89. The van der Waals surface area contributed by atoms with Crippen LogP contribution in [-0.2, 0) is 9.84 Å². The van der Waals surface area contributed by atoms with Crippen LogP contribution in [0.1, 0.15) is 28.5 Å². The Bertz CT molecular complexity index is 1090. The summed E-state index contributed by atoms with van der Waals surface area (Å²) in [5, 5.41) is 9.29. The molecule has 0 saturated carbocycles. The lowest BCUT2D eigenvalue weighted by Gasteiger charge is -2.12. The van der Waals surface area contributed by atoms with Crippen LogP contribution in [0.25, 0.3) is 10.6 Å². The topological polar surface area (TPSA) is 81.1 Å². The molecule has 1 aliphatic rings. The Morgan fingerprint density at radius 3 is 2.78 bits per heavy atom. The summed E-state index contributed by atoms with van der Waals surface area (Å²) in [5.41, 5.74) is 2.81. The molecule has 140 valence electrons. The maximum Gasteiger partial charge on any atom is 0.276 e. The van der Waals surface area contributed by atoms with Crippen molar-refractivity contribution in [1.82, 2.24) is 9.78 Å². The summed E-state index contributed by atoms with van der Waals surface area (Å²) in [6.45, 7) is 1.96. The third kappa shape index (κ3) is 3.81. The third-order valence-electron chi connectivity index (χ3n) is 4.57. The molecule has 3 heterocycles. The first-order valence-electron chi connectivity index (χ1n) is 8.63. The second-order valence-electron chi connectivity index (χ2n) is 6.72. The van der Waals surface area contributed by atoms with Crippen molar-refractivity contribution in [3.05, 3.63) is 59.1 Å². The molecule has 0 spiro atoms. The van der Waals surface area contributed by atoms with Crippen LogP contribution >= 0.6 is 11.3 Å². The van der Waals surface area contributed by atoms with Crippen LogP contribution in [0.15, 0.2) is 47.8 Å². The van der Waals surface area contributed by atoms with Crippen molar-refractivity contribution in [2.45, 2.75) is 19.4 Å². The lowest BCUT2D eigenvalue weighted by Crippen LogP contribution is -2.16. The molecular weight excluding hydrogens is 382 g/mol. The van der Waals surface area contributed by atoms with Crippen LogP contribution in [0.4, 0.5) is 5.69 Å². The molecule has 0 unspecified atom stereocenters. The molecule has 1 amide bonds. The highest BCUT2D eigenvalue weighted by Gasteiger charge is 2.32. The van der Waals surface area contributed by atoms with Crippen molar-refractivity contribution >= 4 is 32.8 Å². The number of nitrogens with one attached hydrogen (secondary N) is 1. The zero-order valence-corrected chi connectivity index (χ0v) is 16.4. The van der Waals surface area contributed by atoms with E-state index >= 15 is 0 Å². The van der Waals surface area contributed by atoms with Crippen molar-refractivity contribution in [2.24, 2.45) is 0 Å². The van der Waals surface area contributed by atoms with Gasteiger partial charge in [-0.25, -0.2) is 8.42 Å². The van der Waals surface area contributed by atoms with Gasteiger partial charge < -0.3 is 5.32 Å². The molecule has 0 aliphatic carbocycles. The van der Waals surface area contributed by atoms with Crippen molar-refractivity contribution in [3.63, 3.8) is 0 Å². The van der Waals surface area contributed by atoms with E-state index in [1.165, 1.54) is 11.3 Å². The fraction of sp³-hybridized carbons (Fsp3) is 0.263. The molecule has 1 N–H and O–H groups in total. The highest BCUT2D eigenvalue weighted by Crippen LogP contribution is 2.32. The van der Waals surface area contributed by atoms with Crippen molar-refractivity contribution in [3.8, 4) is 10.6 Å². The predicted octanol–water partition coefficient (Wildman–Crippen LogP) is 3.53. The van der Waals surface area contributed by atoms with E-state index in [-0.39, 0.29) is 29.1 Å². The number of hydrogen-bond acceptors (Lipinski definition) is 5. The quantitative estimate of drug-likeness (QED) is 0.725.